The number of nitrogen functional groups attached to an aromatic ring is 1. The van der Waals surface area contributed by atoms with Crippen molar-refractivity contribution in [3.63, 3.8) is 0 Å². The SMILES string of the molecule is CN1C2CCC1C(C(=O)OCCc1ccc(N)c(I)c1)/C(=C1/C=CC(Cl)=CC1)C2. The first-order valence-corrected chi connectivity index (χ1v) is 11.6. The zero-order valence-electron chi connectivity index (χ0n) is 16.5. The van der Waals surface area contributed by atoms with Crippen LogP contribution in [0.4, 0.5) is 5.69 Å². The van der Waals surface area contributed by atoms with Gasteiger partial charge in [0.15, 0.2) is 0 Å². The topological polar surface area (TPSA) is 55.6 Å². The monoisotopic (exact) mass is 524 g/mol. The Labute approximate surface area is 190 Å². The Balaban J connectivity index is 1.48. The van der Waals surface area contributed by atoms with Gasteiger partial charge in [-0.25, -0.2) is 0 Å². The average Bonchev–Trinajstić information content (AvgIpc) is 2.93. The molecule has 3 aliphatic rings. The lowest BCUT2D eigenvalue weighted by molar-refractivity contribution is -0.149. The fourth-order valence-electron chi connectivity index (χ4n) is 4.78. The molecule has 0 spiro atoms. The van der Waals surface area contributed by atoms with Crippen LogP contribution in [-0.4, -0.2) is 36.6 Å². The lowest BCUT2D eigenvalue weighted by Crippen LogP contribution is -2.47. The maximum absolute atomic E-state index is 13.2. The molecule has 154 valence electrons. The van der Waals surface area contributed by atoms with Gasteiger partial charge < -0.3 is 10.5 Å². The maximum atomic E-state index is 13.2. The van der Waals surface area contributed by atoms with Crippen LogP contribution in [0.1, 0.15) is 31.2 Å². The molecule has 6 heteroatoms. The Hall–Kier alpha value is -1.31. The number of rotatable bonds is 4. The number of benzene rings is 1. The van der Waals surface area contributed by atoms with Gasteiger partial charge in [-0.3, -0.25) is 9.69 Å². The molecule has 4 rings (SSSR count). The molecular weight excluding hydrogens is 499 g/mol. The van der Waals surface area contributed by atoms with E-state index in [-0.39, 0.29) is 17.9 Å². The Morgan fingerprint density at radius 2 is 2.17 bits per heavy atom. The van der Waals surface area contributed by atoms with E-state index in [4.69, 9.17) is 22.1 Å². The first-order chi connectivity index (χ1) is 13.9. The van der Waals surface area contributed by atoms with E-state index >= 15 is 0 Å². The van der Waals surface area contributed by atoms with Crippen molar-refractivity contribution in [2.45, 2.75) is 44.2 Å². The first kappa shape index (κ1) is 20.9. The minimum absolute atomic E-state index is 0.0936. The number of piperidine rings is 1. The van der Waals surface area contributed by atoms with Gasteiger partial charge in [0, 0.05) is 32.8 Å². The normalized spacial score (nSPS) is 29.1. The molecule has 2 aliphatic heterocycles. The van der Waals surface area contributed by atoms with E-state index in [9.17, 15) is 4.79 Å². The lowest BCUT2D eigenvalue weighted by atomic mass is 9.81. The summed E-state index contributed by atoms with van der Waals surface area (Å²) in [5.41, 5.74) is 10.3. The Morgan fingerprint density at radius 3 is 2.90 bits per heavy atom. The molecule has 0 aromatic heterocycles. The van der Waals surface area contributed by atoms with Gasteiger partial charge >= 0.3 is 5.97 Å². The van der Waals surface area contributed by atoms with Crippen LogP contribution in [0.3, 0.4) is 0 Å². The van der Waals surface area contributed by atoms with Crippen molar-refractivity contribution in [2.24, 2.45) is 5.92 Å². The van der Waals surface area contributed by atoms with Gasteiger partial charge in [0.05, 0.1) is 12.5 Å². The summed E-state index contributed by atoms with van der Waals surface area (Å²) in [6.07, 6.45) is 10.7. The number of carbonyl (C=O) groups is 1. The number of nitrogens with two attached hydrogens (primary N) is 1. The molecule has 1 aliphatic carbocycles. The maximum Gasteiger partial charge on any atom is 0.314 e. The highest BCUT2D eigenvalue weighted by atomic mass is 127. The third-order valence-electron chi connectivity index (χ3n) is 6.44. The highest BCUT2D eigenvalue weighted by Crippen LogP contribution is 2.44. The molecular formula is C23H26ClIN2O2. The van der Waals surface area contributed by atoms with Crippen LogP contribution >= 0.6 is 34.2 Å². The summed E-state index contributed by atoms with van der Waals surface area (Å²) in [6, 6.07) is 6.71. The zero-order valence-corrected chi connectivity index (χ0v) is 19.4. The summed E-state index contributed by atoms with van der Waals surface area (Å²) in [6.45, 7) is 0.388. The highest BCUT2D eigenvalue weighted by molar-refractivity contribution is 14.1. The minimum Gasteiger partial charge on any atom is -0.465 e. The molecule has 2 fully saturated rings. The van der Waals surface area contributed by atoms with Crippen molar-refractivity contribution in [1.82, 2.24) is 4.90 Å². The second-order valence-electron chi connectivity index (χ2n) is 8.10. The van der Waals surface area contributed by atoms with Gasteiger partial charge in [0.25, 0.3) is 0 Å². The van der Waals surface area contributed by atoms with Gasteiger partial charge in [0.1, 0.15) is 0 Å². The molecule has 2 N–H and O–H groups in total. The predicted octanol–water partition coefficient (Wildman–Crippen LogP) is 4.82. The average molecular weight is 525 g/mol. The number of nitrogens with zero attached hydrogens (tertiary/aromatic N) is 1. The fraction of sp³-hybridized carbons (Fsp3) is 0.435. The number of hydrogen-bond acceptors (Lipinski definition) is 4. The van der Waals surface area contributed by atoms with Gasteiger partial charge in [-0.15, -0.1) is 0 Å². The smallest absolute Gasteiger partial charge is 0.314 e. The molecule has 0 saturated carbocycles. The predicted molar refractivity (Wildman–Crippen MR) is 126 cm³/mol. The van der Waals surface area contributed by atoms with E-state index in [1.807, 2.05) is 24.3 Å². The van der Waals surface area contributed by atoms with Crippen molar-refractivity contribution < 1.29 is 9.53 Å². The van der Waals surface area contributed by atoms with Crippen molar-refractivity contribution in [2.75, 3.05) is 19.4 Å². The molecule has 3 atom stereocenters. The Morgan fingerprint density at radius 1 is 1.34 bits per heavy atom. The summed E-state index contributed by atoms with van der Waals surface area (Å²) in [5, 5.41) is 0.766. The molecule has 4 nitrogen and oxygen atoms in total. The van der Waals surface area contributed by atoms with Crippen molar-refractivity contribution in [3.05, 3.63) is 61.7 Å². The highest BCUT2D eigenvalue weighted by Gasteiger charge is 2.47. The standard InChI is InChI=1S/C23H26ClIN2O2/c1-27-17-7-9-21(27)22(18(13-17)15-3-5-16(24)6-4-15)23(28)29-11-10-14-2-8-20(26)19(25)12-14/h2-3,5-6,8,12,17,21-22H,4,7,9-11,13,26H2,1H3/b18-15-. The molecule has 2 bridgehead atoms. The van der Waals surface area contributed by atoms with Crippen LogP contribution in [0.2, 0.25) is 0 Å². The van der Waals surface area contributed by atoms with Gasteiger partial charge in [0.2, 0.25) is 0 Å². The number of carbonyl (C=O) groups excluding carboxylic acids is 1. The van der Waals surface area contributed by atoms with E-state index in [1.54, 1.807) is 0 Å². The van der Waals surface area contributed by atoms with Crippen LogP contribution in [0, 0.1) is 9.49 Å². The molecule has 1 aromatic carbocycles. The number of hydrogen-bond donors (Lipinski definition) is 1. The third kappa shape index (κ3) is 4.42. The zero-order chi connectivity index (χ0) is 20.5. The van der Waals surface area contributed by atoms with Crippen LogP contribution in [0.5, 0.6) is 0 Å². The van der Waals surface area contributed by atoms with E-state index in [1.165, 1.54) is 11.1 Å². The quantitative estimate of drug-likeness (QED) is 0.349. The largest absolute Gasteiger partial charge is 0.465 e. The van der Waals surface area contributed by atoms with Crippen LogP contribution < -0.4 is 5.73 Å². The number of allylic oxidation sites excluding steroid dienone is 5. The number of halogens is 2. The summed E-state index contributed by atoms with van der Waals surface area (Å²) in [5.74, 6) is -0.279. The van der Waals surface area contributed by atoms with E-state index < -0.39 is 0 Å². The molecule has 3 unspecified atom stereocenters. The van der Waals surface area contributed by atoms with E-state index in [0.29, 0.717) is 19.1 Å². The summed E-state index contributed by atoms with van der Waals surface area (Å²) >= 11 is 8.33. The summed E-state index contributed by atoms with van der Waals surface area (Å²) in [4.78, 5) is 15.6. The van der Waals surface area contributed by atoms with Crippen molar-refractivity contribution in [1.29, 1.82) is 0 Å². The fourth-order valence-corrected chi connectivity index (χ4v) is 5.50. The molecule has 0 amide bonds. The second-order valence-corrected chi connectivity index (χ2v) is 9.69. The van der Waals surface area contributed by atoms with Gasteiger partial charge in [-0.1, -0.05) is 29.8 Å². The van der Waals surface area contributed by atoms with Gasteiger partial charge in [-0.05, 0) is 90.2 Å². The summed E-state index contributed by atoms with van der Waals surface area (Å²) < 4.78 is 6.83. The number of fused-ring (bicyclic) bond motifs is 2. The third-order valence-corrected chi connectivity index (χ3v) is 7.65. The second kappa shape index (κ2) is 8.82. The lowest BCUT2D eigenvalue weighted by Gasteiger charge is -2.39. The molecule has 1 aromatic rings. The molecule has 29 heavy (non-hydrogen) atoms. The van der Waals surface area contributed by atoms with E-state index in [0.717, 1.165) is 45.5 Å². The summed E-state index contributed by atoms with van der Waals surface area (Å²) in [7, 11) is 2.15. The first-order valence-electron chi connectivity index (χ1n) is 10.1. The van der Waals surface area contributed by atoms with Crippen LogP contribution in [0.15, 0.2) is 52.6 Å². The van der Waals surface area contributed by atoms with E-state index in [2.05, 4.69) is 46.7 Å². The molecule has 2 heterocycles. The number of ether oxygens (including phenoxy) is 1. The minimum atomic E-state index is -0.185. The van der Waals surface area contributed by atoms with Crippen molar-refractivity contribution in [3.8, 4) is 0 Å². The Kier molecular flexibility index (Phi) is 6.37. The number of esters is 1. The number of anilines is 1. The van der Waals surface area contributed by atoms with Gasteiger partial charge in [-0.2, -0.15) is 0 Å². The van der Waals surface area contributed by atoms with Crippen LogP contribution in [-0.2, 0) is 16.0 Å². The Bertz CT molecular complexity index is 908. The molecule has 2 saturated heterocycles. The van der Waals surface area contributed by atoms with Crippen molar-refractivity contribution >= 4 is 45.8 Å². The van der Waals surface area contributed by atoms with Crippen LogP contribution in [0.25, 0.3) is 0 Å². The molecule has 0 radical (unpaired) electrons.